The van der Waals surface area contributed by atoms with Crippen molar-refractivity contribution in [2.24, 2.45) is 0 Å². The third-order valence-corrected chi connectivity index (χ3v) is 3.89. The SMILES string of the molecule is C[C@H](Sc1ncc(C#N)c(N)n1)C(=O)c1cccc(Cl)c1. The number of Topliss-reactive ketones (excluding diaryl/α,β-unsaturated/α-hetero) is 1. The number of hydrogen-bond donors (Lipinski definition) is 1. The highest BCUT2D eigenvalue weighted by Gasteiger charge is 2.18. The molecule has 1 heterocycles. The molecule has 0 spiro atoms. The summed E-state index contributed by atoms with van der Waals surface area (Å²) in [5.74, 6) is 0.0337. The van der Waals surface area contributed by atoms with Crippen LogP contribution in [0.4, 0.5) is 5.82 Å². The molecule has 0 bridgehead atoms. The van der Waals surface area contributed by atoms with Crippen molar-refractivity contribution in [3.63, 3.8) is 0 Å². The van der Waals surface area contributed by atoms with E-state index in [2.05, 4.69) is 9.97 Å². The van der Waals surface area contributed by atoms with Gasteiger partial charge in [-0.3, -0.25) is 4.79 Å². The van der Waals surface area contributed by atoms with Gasteiger partial charge in [-0.25, -0.2) is 9.97 Å². The predicted octanol–water partition coefficient (Wildman–Crippen LogP) is 2.95. The normalized spacial score (nSPS) is 11.7. The van der Waals surface area contributed by atoms with Crippen LogP contribution in [0.5, 0.6) is 0 Å². The Morgan fingerprint density at radius 1 is 1.52 bits per heavy atom. The average Bonchev–Trinajstić information content (AvgIpc) is 2.46. The van der Waals surface area contributed by atoms with Crippen molar-refractivity contribution in [2.45, 2.75) is 17.3 Å². The highest BCUT2D eigenvalue weighted by Crippen LogP contribution is 2.24. The quantitative estimate of drug-likeness (QED) is 0.529. The van der Waals surface area contributed by atoms with Gasteiger partial charge in [0, 0.05) is 10.6 Å². The van der Waals surface area contributed by atoms with Crippen LogP contribution in [0.3, 0.4) is 0 Å². The van der Waals surface area contributed by atoms with Crippen LogP contribution in [0.2, 0.25) is 5.02 Å². The number of nitrogens with two attached hydrogens (primary N) is 1. The van der Waals surface area contributed by atoms with Crippen LogP contribution >= 0.6 is 23.4 Å². The molecule has 2 aromatic rings. The van der Waals surface area contributed by atoms with Crippen molar-refractivity contribution >= 4 is 35.0 Å². The summed E-state index contributed by atoms with van der Waals surface area (Å²) in [4.78, 5) is 20.3. The maximum absolute atomic E-state index is 12.3. The Bertz CT molecular complexity index is 729. The first kappa shape index (κ1) is 15.3. The van der Waals surface area contributed by atoms with E-state index in [-0.39, 0.29) is 17.2 Å². The Balaban J connectivity index is 2.14. The number of anilines is 1. The number of carbonyl (C=O) groups is 1. The summed E-state index contributed by atoms with van der Waals surface area (Å²) in [6.07, 6.45) is 1.35. The van der Waals surface area contributed by atoms with Gasteiger partial charge in [0.05, 0.1) is 11.4 Å². The Hall–Kier alpha value is -2.10. The van der Waals surface area contributed by atoms with E-state index in [0.717, 1.165) is 0 Å². The lowest BCUT2D eigenvalue weighted by Crippen LogP contribution is -2.14. The van der Waals surface area contributed by atoms with Crippen LogP contribution < -0.4 is 5.73 Å². The largest absolute Gasteiger partial charge is 0.382 e. The fraction of sp³-hybridized carbons (Fsp3) is 0.143. The molecule has 0 unspecified atom stereocenters. The van der Waals surface area contributed by atoms with Gasteiger partial charge >= 0.3 is 0 Å². The Labute approximate surface area is 131 Å². The number of hydrogen-bond acceptors (Lipinski definition) is 6. The summed E-state index contributed by atoms with van der Waals surface area (Å²) in [6, 6.07) is 8.65. The maximum atomic E-state index is 12.3. The number of halogens is 1. The lowest BCUT2D eigenvalue weighted by molar-refractivity contribution is 0.0994. The Morgan fingerprint density at radius 3 is 2.90 bits per heavy atom. The molecule has 0 fully saturated rings. The first-order valence-electron chi connectivity index (χ1n) is 6.00. The molecule has 21 heavy (non-hydrogen) atoms. The number of rotatable bonds is 4. The number of carbonyl (C=O) groups excluding carboxylic acids is 1. The van der Waals surface area contributed by atoms with Crippen molar-refractivity contribution in [3.8, 4) is 6.07 Å². The van der Waals surface area contributed by atoms with Crippen LogP contribution in [0, 0.1) is 11.3 Å². The van der Waals surface area contributed by atoms with E-state index in [1.165, 1.54) is 18.0 Å². The van der Waals surface area contributed by atoms with Gasteiger partial charge in [0.15, 0.2) is 10.9 Å². The summed E-state index contributed by atoms with van der Waals surface area (Å²) in [7, 11) is 0. The van der Waals surface area contributed by atoms with E-state index < -0.39 is 5.25 Å². The zero-order valence-electron chi connectivity index (χ0n) is 11.1. The molecule has 0 aliphatic carbocycles. The summed E-state index contributed by atoms with van der Waals surface area (Å²) in [5.41, 5.74) is 6.37. The summed E-state index contributed by atoms with van der Waals surface area (Å²) in [5, 5.41) is 9.24. The molecule has 7 heteroatoms. The second-order valence-electron chi connectivity index (χ2n) is 4.20. The molecule has 2 N–H and O–H groups in total. The van der Waals surface area contributed by atoms with Gasteiger partial charge in [0.1, 0.15) is 17.5 Å². The van der Waals surface area contributed by atoms with Gasteiger partial charge in [-0.1, -0.05) is 35.5 Å². The van der Waals surface area contributed by atoms with Gasteiger partial charge in [-0.15, -0.1) is 0 Å². The highest BCUT2D eigenvalue weighted by atomic mass is 35.5. The Morgan fingerprint density at radius 2 is 2.29 bits per heavy atom. The standard InChI is InChI=1S/C14H11ClN4OS/c1-8(12(20)9-3-2-4-11(15)5-9)21-14-18-7-10(6-16)13(17)19-14/h2-5,7-8H,1H3,(H2,17,18,19)/t8-/m0/s1. The first-order valence-corrected chi connectivity index (χ1v) is 7.26. The Kier molecular flexibility index (Phi) is 4.78. The third-order valence-electron chi connectivity index (χ3n) is 2.68. The molecule has 1 atom stereocenters. The van der Waals surface area contributed by atoms with E-state index in [1.54, 1.807) is 31.2 Å². The molecule has 0 aliphatic heterocycles. The smallest absolute Gasteiger partial charge is 0.190 e. The summed E-state index contributed by atoms with van der Waals surface area (Å²) >= 11 is 7.06. The van der Waals surface area contributed by atoms with E-state index >= 15 is 0 Å². The minimum atomic E-state index is -0.393. The molecule has 106 valence electrons. The second kappa shape index (κ2) is 6.57. The van der Waals surface area contributed by atoms with Crippen molar-refractivity contribution in [1.82, 2.24) is 9.97 Å². The topological polar surface area (TPSA) is 92.7 Å². The number of nitrogen functional groups attached to an aromatic ring is 1. The number of benzene rings is 1. The van der Waals surface area contributed by atoms with Gasteiger partial charge in [0.2, 0.25) is 0 Å². The number of nitriles is 1. The van der Waals surface area contributed by atoms with Gasteiger partial charge in [0.25, 0.3) is 0 Å². The first-order chi connectivity index (χ1) is 10.0. The molecular weight excluding hydrogens is 308 g/mol. The molecule has 0 saturated heterocycles. The van der Waals surface area contributed by atoms with Crippen LogP contribution in [0.1, 0.15) is 22.8 Å². The van der Waals surface area contributed by atoms with Gasteiger partial charge < -0.3 is 5.73 Å². The fourth-order valence-corrected chi connectivity index (χ4v) is 2.62. The molecule has 0 radical (unpaired) electrons. The minimum Gasteiger partial charge on any atom is -0.382 e. The fourth-order valence-electron chi connectivity index (χ4n) is 1.61. The number of nitrogens with zero attached hydrogens (tertiary/aromatic N) is 3. The van der Waals surface area contributed by atoms with E-state index in [4.69, 9.17) is 22.6 Å². The van der Waals surface area contributed by atoms with Crippen molar-refractivity contribution in [2.75, 3.05) is 5.73 Å². The number of thioether (sulfide) groups is 1. The highest BCUT2D eigenvalue weighted by molar-refractivity contribution is 8.00. The zero-order valence-corrected chi connectivity index (χ0v) is 12.6. The van der Waals surface area contributed by atoms with Crippen LogP contribution in [0.15, 0.2) is 35.6 Å². The minimum absolute atomic E-state index is 0.0750. The molecule has 2 rings (SSSR count). The van der Waals surface area contributed by atoms with Crippen LogP contribution in [-0.2, 0) is 0 Å². The van der Waals surface area contributed by atoms with Crippen molar-refractivity contribution < 1.29 is 4.79 Å². The lowest BCUT2D eigenvalue weighted by atomic mass is 10.1. The number of aromatic nitrogens is 2. The monoisotopic (exact) mass is 318 g/mol. The van der Waals surface area contributed by atoms with E-state index in [1.807, 2.05) is 6.07 Å². The molecule has 0 amide bonds. The molecule has 0 aliphatic rings. The summed E-state index contributed by atoms with van der Waals surface area (Å²) < 4.78 is 0. The summed E-state index contributed by atoms with van der Waals surface area (Å²) in [6.45, 7) is 1.76. The predicted molar refractivity (Wildman–Crippen MR) is 82.3 cm³/mol. The van der Waals surface area contributed by atoms with E-state index in [9.17, 15) is 4.79 Å². The molecule has 1 aromatic heterocycles. The zero-order chi connectivity index (χ0) is 15.4. The van der Waals surface area contributed by atoms with Gasteiger partial charge in [-0.05, 0) is 19.1 Å². The third kappa shape index (κ3) is 3.72. The van der Waals surface area contributed by atoms with E-state index in [0.29, 0.717) is 15.7 Å². The molecule has 0 saturated carbocycles. The van der Waals surface area contributed by atoms with Crippen LogP contribution in [-0.4, -0.2) is 21.0 Å². The van der Waals surface area contributed by atoms with Crippen molar-refractivity contribution in [1.29, 1.82) is 5.26 Å². The average molecular weight is 319 g/mol. The van der Waals surface area contributed by atoms with Crippen molar-refractivity contribution in [3.05, 3.63) is 46.6 Å². The van der Waals surface area contributed by atoms with Crippen LogP contribution in [0.25, 0.3) is 0 Å². The second-order valence-corrected chi connectivity index (χ2v) is 5.94. The lowest BCUT2D eigenvalue weighted by Gasteiger charge is -2.09. The number of ketones is 1. The molecular formula is C14H11ClN4OS. The van der Waals surface area contributed by atoms with Gasteiger partial charge in [-0.2, -0.15) is 5.26 Å². The maximum Gasteiger partial charge on any atom is 0.190 e. The molecule has 1 aromatic carbocycles. The molecule has 5 nitrogen and oxygen atoms in total.